The molecule has 0 bridgehead atoms. The number of hydrogen-bond donors (Lipinski definition) is 1. The molecule has 1 heterocycles. The van der Waals surface area contributed by atoms with Crippen LogP contribution in [0.4, 0.5) is 0 Å². The molecule has 0 spiro atoms. The van der Waals surface area contributed by atoms with E-state index in [0.29, 0.717) is 10.6 Å². The molecule has 2 rings (SSSR count). The molecular weight excluding hydrogens is 300 g/mol. The standard InChI is InChI=1S/C16H26N2O3S/c1-16(2,8-11-18-12-9-17-10-13-18)21-14-4-6-15(7-5-14)22(3,19)20/h4-7,17H,8-13H2,1-3H3. The molecule has 0 unspecified atom stereocenters. The molecule has 5 nitrogen and oxygen atoms in total. The highest BCUT2D eigenvalue weighted by molar-refractivity contribution is 7.90. The second-order valence-electron chi connectivity index (χ2n) is 6.45. The van der Waals surface area contributed by atoms with Crippen molar-refractivity contribution >= 4 is 9.84 Å². The van der Waals surface area contributed by atoms with Crippen LogP contribution >= 0.6 is 0 Å². The smallest absolute Gasteiger partial charge is 0.175 e. The highest BCUT2D eigenvalue weighted by Crippen LogP contribution is 2.23. The Balaban J connectivity index is 1.90. The molecule has 0 saturated carbocycles. The topological polar surface area (TPSA) is 58.6 Å². The Morgan fingerprint density at radius 1 is 1.18 bits per heavy atom. The molecule has 0 aliphatic carbocycles. The van der Waals surface area contributed by atoms with Gasteiger partial charge in [-0.25, -0.2) is 8.42 Å². The van der Waals surface area contributed by atoms with Crippen molar-refractivity contribution in [1.29, 1.82) is 0 Å². The number of piperazine rings is 1. The first-order valence-corrected chi connectivity index (χ1v) is 9.58. The van der Waals surface area contributed by atoms with Crippen molar-refractivity contribution in [1.82, 2.24) is 10.2 Å². The predicted molar refractivity (Wildman–Crippen MR) is 88.2 cm³/mol. The Hall–Kier alpha value is -1.11. The summed E-state index contributed by atoms with van der Waals surface area (Å²) in [6, 6.07) is 6.64. The van der Waals surface area contributed by atoms with Crippen LogP contribution in [0.15, 0.2) is 29.2 Å². The molecule has 0 atom stereocenters. The minimum Gasteiger partial charge on any atom is -0.488 e. The lowest BCUT2D eigenvalue weighted by atomic mass is 10.0. The molecule has 124 valence electrons. The number of ether oxygens (including phenoxy) is 1. The molecule has 1 aliphatic rings. The van der Waals surface area contributed by atoms with Gasteiger partial charge in [-0.2, -0.15) is 0 Å². The van der Waals surface area contributed by atoms with Gasteiger partial charge in [0, 0.05) is 39.0 Å². The van der Waals surface area contributed by atoms with Crippen molar-refractivity contribution in [3.8, 4) is 5.75 Å². The fourth-order valence-electron chi connectivity index (χ4n) is 2.49. The van der Waals surface area contributed by atoms with E-state index in [4.69, 9.17) is 4.74 Å². The highest BCUT2D eigenvalue weighted by Gasteiger charge is 2.22. The first kappa shape index (κ1) is 17.2. The zero-order valence-electron chi connectivity index (χ0n) is 13.6. The fourth-order valence-corrected chi connectivity index (χ4v) is 3.12. The Morgan fingerprint density at radius 2 is 1.77 bits per heavy atom. The van der Waals surface area contributed by atoms with Crippen molar-refractivity contribution in [2.45, 2.75) is 30.8 Å². The zero-order chi connectivity index (χ0) is 16.2. The Bertz CT molecular complexity index is 576. The molecular formula is C16H26N2O3S. The summed E-state index contributed by atoms with van der Waals surface area (Å²) in [5.74, 6) is 0.706. The van der Waals surface area contributed by atoms with Crippen LogP contribution in [-0.2, 0) is 9.84 Å². The number of benzene rings is 1. The number of nitrogens with zero attached hydrogens (tertiary/aromatic N) is 1. The van der Waals surface area contributed by atoms with Crippen molar-refractivity contribution < 1.29 is 13.2 Å². The Morgan fingerprint density at radius 3 is 2.32 bits per heavy atom. The minimum absolute atomic E-state index is 0.280. The van der Waals surface area contributed by atoms with Crippen LogP contribution in [0.1, 0.15) is 20.3 Å². The van der Waals surface area contributed by atoms with Gasteiger partial charge in [0.1, 0.15) is 11.4 Å². The second kappa shape index (κ2) is 6.98. The van der Waals surface area contributed by atoms with Gasteiger partial charge in [0.25, 0.3) is 0 Å². The van der Waals surface area contributed by atoms with Crippen LogP contribution in [0.2, 0.25) is 0 Å². The normalized spacial score (nSPS) is 17.4. The molecule has 0 radical (unpaired) electrons. The summed E-state index contributed by atoms with van der Waals surface area (Å²) in [6.07, 6.45) is 2.14. The molecule has 0 aromatic heterocycles. The number of nitrogens with one attached hydrogen (secondary N) is 1. The van der Waals surface area contributed by atoms with Crippen molar-refractivity contribution in [3.63, 3.8) is 0 Å². The van der Waals surface area contributed by atoms with Crippen LogP contribution in [0.5, 0.6) is 5.75 Å². The summed E-state index contributed by atoms with van der Waals surface area (Å²) >= 11 is 0. The summed E-state index contributed by atoms with van der Waals surface area (Å²) in [5, 5.41) is 3.35. The molecule has 1 fully saturated rings. The van der Waals surface area contributed by atoms with Crippen molar-refractivity contribution in [2.75, 3.05) is 39.0 Å². The number of hydrogen-bond acceptors (Lipinski definition) is 5. The average Bonchev–Trinajstić information content (AvgIpc) is 2.46. The van der Waals surface area contributed by atoms with Gasteiger partial charge in [-0.15, -0.1) is 0 Å². The molecule has 6 heteroatoms. The van der Waals surface area contributed by atoms with Gasteiger partial charge in [0.15, 0.2) is 9.84 Å². The maximum Gasteiger partial charge on any atom is 0.175 e. The van der Waals surface area contributed by atoms with Gasteiger partial charge < -0.3 is 15.0 Å². The van der Waals surface area contributed by atoms with Gasteiger partial charge >= 0.3 is 0 Å². The zero-order valence-corrected chi connectivity index (χ0v) is 14.4. The maximum atomic E-state index is 11.5. The van der Waals surface area contributed by atoms with E-state index in [1.54, 1.807) is 24.3 Å². The SMILES string of the molecule is CC(C)(CCN1CCNCC1)Oc1ccc(S(C)(=O)=O)cc1. The van der Waals surface area contributed by atoms with Crippen LogP contribution in [0, 0.1) is 0 Å². The fraction of sp³-hybridized carbons (Fsp3) is 0.625. The first-order valence-electron chi connectivity index (χ1n) is 7.68. The lowest BCUT2D eigenvalue weighted by Crippen LogP contribution is -2.45. The third-order valence-electron chi connectivity index (χ3n) is 3.89. The lowest BCUT2D eigenvalue weighted by molar-refractivity contribution is 0.0808. The van der Waals surface area contributed by atoms with Gasteiger partial charge in [-0.05, 0) is 44.5 Å². The first-order chi connectivity index (χ1) is 10.3. The second-order valence-corrected chi connectivity index (χ2v) is 8.46. The summed E-state index contributed by atoms with van der Waals surface area (Å²) in [6.45, 7) is 9.41. The van der Waals surface area contributed by atoms with Crippen LogP contribution in [-0.4, -0.2) is 57.9 Å². The van der Waals surface area contributed by atoms with Gasteiger partial charge in [0.2, 0.25) is 0 Å². The van der Waals surface area contributed by atoms with Crippen LogP contribution < -0.4 is 10.1 Å². The lowest BCUT2D eigenvalue weighted by Gasteiger charge is -2.32. The molecule has 1 aromatic carbocycles. The molecule has 1 N–H and O–H groups in total. The van der Waals surface area contributed by atoms with Crippen molar-refractivity contribution in [3.05, 3.63) is 24.3 Å². The van der Waals surface area contributed by atoms with E-state index in [1.165, 1.54) is 6.26 Å². The summed E-state index contributed by atoms with van der Waals surface area (Å²) in [7, 11) is -3.16. The van der Waals surface area contributed by atoms with Gasteiger partial charge in [-0.1, -0.05) is 0 Å². The van der Waals surface area contributed by atoms with E-state index in [9.17, 15) is 8.42 Å². The maximum absolute atomic E-state index is 11.5. The van der Waals surface area contributed by atoms with Gasteiger partial charge in [0.05, 0.1) is 4.90 Å². The quantitative estimate of drug-likeness (QED) is 0.859. The summed E-state index contributed by atoms with van der Waals surface area (Å²) in [5.41, 5.74) is -0.280. The minimum atomic E-state index is -3.16. The monoisotopic (exact) mass is 326 g/mol. The predicted octanol–water partition coefficient (Wildman–Crippen LogP) is 1.54. The molecule has 1 saturated heterocycles. The van der Waals surface area contributed by atoms with Crippen LogP contribution in [0.3, 0.4) is 0 Å². The Kier molecular flexibility index (Phi) is 5.47. The van der Waals surface area contributed by atoms with E-state index < -0.39 is 9.84 Å². The van der Waals surface area contributed by atoms with E-state index >= 15 is 0 Å². The summed E-state index contributed by atoms with van der Waals surface area (Å²) < 4.78 is 28.9. The van der Waals surface area contributed by atoms with E-state index in [-0.39, 0.29) is 5.60 Å². The molecule has 1 aromatic rings. The molecule has 0 amide bonds. The van der Waals surface area contributed by atoms with Crippen molar-refractivity contribution in [2.24, 2.45) is 0 Å². The highest BCUT2D eigenvalue weighted by atomic mass is 32.2. The third kappa shape index (κ3) is 5.26. The van der Waals surface area contributed by atoms with E-state index in [0.717, 1.165) is 39.1 Å². The van der Waals surface area contributed by atoms with Gasteiger partial charge in [-0.3, -0.25) is 0 Å². The Labute approximate surface area is 133 Å². The van der Waals surface area contributed by atoms with E-state index in [2.05, 4.69) is 24.1 Å². The summed E-state index contributed by atoms with van der Waals surface area (Å²) in [4.78, 5) is 2.76. The molecule has 1 aliphatic heterocycles. The molecule has 22 heavy (non-hydrogen) atoms. The largest absolute Gasteiger partial charge is 0.488 e. The number of rotatable bonds is 6. The number of sulfone groups is 1. The third-order valence-corrected chi connectivity index (χ3v) is 5.01. The van der Waals surface area contributed by atoms with Crippen LogP contribution in [0.25, 0.3) is 0 Å². The van der Waals surface area contributed by atoms with E-state index in [1.807, 2.05) is 0 Å². The average molecular weight is 326 g/mol.